The Morgan fingerprint density at radius 1 is 1.25 bits per heavy atom. The molecule has 0 aliphatic carbocycles. The first kappa shape index (κ1) is 16.0. The third kappa shape index (κ3) is 4.91. The first-order valence-corrected chi connectivity index (χ1v) is 6.76. The van der Waals surface area contributed by atoms with Gasteiger partial charge in [0.15, 0.2) is 0 Å². The molecular weight excluding hydrogens is 256 g/mol. The van der Waals surface area contributed by atoms with E-state index in [1.165, 1.54) is 0 Å². The van der Waals surface area contributed by atoms with E-state index in [1.54, 1.807) is 4.90 Å². The molecule has 0 unspecified atom stereocenters. The highest BCUT2D eigenvalue weighted by atomic mass is 16.4. The normalized spacial score (nSPS) is 10.6. The summed E-state index contributed by atoms with van der Waals surface area (Å²) in [6.45, 7) is 4.02. The summed E-state index contributed by atoms with van der Waals surface area (Å²) in [7, 11) is 0. The van der Waals surface area contributed by atoms with E-state index >= 15 is 0 Å². The molecule has 0 saturated carbocycles. The maximum atomic E-state index is 12.2. The van der Waals surface area contributed by atoms with Crippen LogP contribution in [-0.4, -0.2) is 34.5 Å². The van der Waals surface area contributed by atoms with Gasteiger partial charge in [-0.1, -0.05) is 18.2 Å². The molecule has 0 aliphatic rings. The maximum Gasteiger partial charge on any atom is 0.305 e. The van der Waals surface area contributed by atoms with Gasteiger partial charge in [-0.3, -0.25) is 9.59 Å². The molecule has 0 bridgehead atoms. The molecule has 0 heterocycles. The lowest BCUT2D eigenvalue weighted by Gasteiger charge is -2.26. The van der Waals surface area contributed by atoms with Crippen molar-refractivity contribution in [3.8, 4) is 0 Å². The van der Waals surface area contributed by atoms with Gasteiger partial charge in [-0.25, -0.2) is 0 Å². The van der Waals surface area contributed by atoms with Crippen LogP contribution in [0.4, 0.5) is 5.69 Å². The predicted molar refractivity (Wildman–Crippen MR) is 78.3 cm³/mol. The van der Waals surface area contributed by atoms with Crippen LogP contribution in [0.3, 0.4) is 0 Å². The van der Waals surface area contributed by atoms with Crippen LogP contribution in [0.2, 0.25) is 0 Å². The minimum absolute atomic E-state index is 0.00466. The molecule has 5 nitrogen and oxygen atoms in total. The number of hydrogen-bond acceptors (Lipinski definition) is 3. The third-order valence-electron chi connectivity index (χ3n) is 3.17. The number of carboxylic acids is 1. The van der Waals surface area contributed by atoms with E-state index < -0.39 is 5.97 Å². The number of carbonyl (C=O) groups excluding carboxylic acids is 1. The molecule has 0 aliphatic heterocycles. The van der Waals surface area contributed by atoms with Crippen LogP contribution in [0, 0.1) is 0 Å². The minimum Gasteiger partial charge on any atom is -0.481 e. The second-order valence-electron chi connectivity index (χ2n) is 5.02. The second kappa shape index (κ2) is 7.53. The van der Waals surface area contributed by atoms with Crippen molar-refractivity contribution in [3.05, 3.63) is 29.8 Å². The van der Waals surface area contributed by atoms with E-state index in [-0.39, 0.29) is 24.9 Å². The molecule has 3 N–H and O–H groups in total. The average Bonchev–Trinajstić information content (AvgIpc) is 2.37. The van der Waals surface area contributed by atoms with Gasteiger partial charge < -0.3 is 15.7 Å². The van der Waals surface area contributed by atoms with E-state index in [0.29, 0.717) is 18.5 Å². The smallest absolute Gasteiger partial charge is 0.305 e. The average molecular weight is 278 g/mol. The molecule has 0 saturated heterocycles. The quantitative estimate of drug-likeness (QED) is 0.746. The van der Waals surface area contributed by atoms with E-state index in [0.717, 1.165) is 5.56 Å². The van der Waals surface area contributed by atoms with Crippen molar-refractivity contribution in [2.75, 3.05) is 12.3 Å². The number of aryl methyl sites for hydroxylation is 1. The number of benzene rings is 1. The molecule has 1 amide bonds. The monoisotopic (exact) mass is 278 g/mol. The summed E-state index contributed by atoms with van der Waals surface area (Å²) in [4.78, 5) is 24.4. The second-order valence-corrected chi connectivity index (χ2v) is 5.02. The van der Waals surface area contributed by atoms with Gasteiger partial charge in [-0.15, -0.1) is 0 Å². The maximum absolute atomic E-state index is 12.2. The predicted octanol–water partition coefficient (Wildman–Crippen LogP) is 1.91. The van der Waals surface area contributed by atoms with Crippen LogP contribution in [0.5, 0.6) is 0 Å². The number of nitrogens with two attached hydrogens (primary N) is 1. The molecule has 0 radical (unpaired) electrons. The van der Waals surface area contributed by atoms with Crippen molar-refractivity contribution in [1.29, 1.82) is 0 Å². The fourth-order valence-electron chi connectivity index (χ4n) is 2.03. The number of para-hydroxylation sites is 1. The summed E-state index contributed by atoms with van der Waals surface area (Å²) >= 11 is 0. The Morgan fingerprint density at radius 2 is 1.90 bits per heavy atom. The Morgan fingerprint density at radius 3 is 2.45 bits per heavy atom. The molecular formula is C15H22N2O3. The summed E-state index contributed by atoms with van der Waals surface area (Å²) in [5.74, 6) is -0.930. The minimum atomic E-state index is -0.893. The molecule has 0 aromatic heterocycles. The first-order valence-electron chi connectivity index (χ1n) is 6.76. The number of nitrogen functional groups attached to an aromatic ring is 1. The van der Waals surface area contributed by atoms with Gasteiger partial charge in [0.2, 0.25) is 5.91 Å². The number of amides is 1. The van der Waals surface area contributed by atoms with E-state index in [4.69, 9.17) is 10.8 Å². The molecule has 1 aromatic carbocycles. The Labute approximate surface area is 119 Å². The summed E-state index contributed by atoms with van der Waals surface area (Å²) in [6.07, 6.45) is 0.880. The topological polar surface area (TPSA) is 83.6 Å². The molecule has 5 heteroatoms. The largest absolute Gasteiger partial charge is 0.481 e. The number of nitrogens with zero attached hydrogens (tertiary/aromatic N) is 1. The van der Waals surface area contributed by atoms with Gasteiger partial charge in [0, 0.05) is 24.7 Å². The zero-order valence-electron chi connectivity index (χ0n) is 12.0. The standard InChI is InChI=1S/C15H22N2O3/c1-11(2)17(10-9-15(19)20)14(18)8-7-12-5-3-4-6-13(12)16/h3-6,11H,7-10,16H2,1-2H3,(H,19,20). The fourth-order valence-corrected chi connectivity index (χ4v) is 2.03. The highest BCUT2D eigenvalue weighted by Gasteiger charge is 2.17. The molecule has 0 spiro atoms. The van der Waals surface area contributed by atoms with Crippen molar-refractivity contribution in [3.63, 3.8) is 0 Å². The number of carbonyl (C=O) groups is 2. The number of carboxylic acid groups (broad SMARTS) is 1. The highest BCUT2D eigenvalue weighted by Crippen LogP contribution is 2.14. The lowest BCUT2D eigenvalue weighted by molar-refractivity contribution is -0.139. The molecule has 1 aromatic rings. The zero-order valence-corrected chi connectivity index (χ0v) is 12.0. The molecule has 20 heavy (non-hydrogen) atoms. The highest BCUT2D eigenvalue weighted by molar-refractivity contribution is 5.77. The Balaban J connectivity index is 2.58. The van der Waals surface area contributed by atoms with Crippen LogP contribution >= 0.6 is 0 Å². The van der Waals surface area contributed by atoms with Gasteiger partial charge in [-0.05, 0) is 31.9 Å². The lowest BCUT2D eigenvalue weighted by atomic mass is 10.1. The molecule has 1 rings (SSSR count). The molecule has 110 valence electrons. The van der Waals surface area contributed by atoms with Crippen molar-refractivity contribution < 1.29 is 14.7 Å². The summed E-state index contributed by atoms with van der Waals surface area (Å²) < 4.78 is 0. The Hall–Kier alpha value is -2.04. The summed E-state index contributed by atoms with van der Waals surface area (Å²) in [5.41, 5.74) is 7.47. The lowest BCUT2D eigenvalue weighted by Crippen LogP contribution is -2.38. The summed E-state index contributed by atoms with van der Waals surface area (Å²) in [5, 5.41) is 8.72. The Bertz CT molecular complexity index is 472. The first-order chi connectivity index (χ1) is 9.41. The van der Waals surface area contributed by atoms with Crippen molar-refractivity contribution in [2.45, 2.75) is 39.2 Å². The van der Waals surface area contributed by atoms with Gasteiger partial charge in [0.25, 0.3) is 0 Å². The fraction of sp³-hybridized carbons (Fsp3) is 0.467. The molecule has 0 atom stereocenters. The zero-order chi connectivity index (χ0) is 15.1. The van der Waals surface area contributed by atoms with Crippen LogP contribution < -0.4 is 5.73 Å². The SMILES string of the molecule is CC(C)N(CCC(=O)O)C(=O)CCc1ccccc1N. The van der Waals surface area contributed by atoms with Crippen LogP contribution in [0.1, 0.15) is 32.3 Å². The van der Waals surface area contributed by atoms with Gasteiger partial charge >= 0.3 is 5.97 Å². The van der Waals surface area contributed by atoms with Crippen molar-refractivity contribution >= 4 is 17.6 Å². The summed E-state index contributed by atoms with van der Waals surface area (Å²) in [6, 6.07) is 7.45. The number of aliphatic carboxylic acids is 1. The van der Waals surface area contributed by atoms with E-state index in [9.17, 15) is 9.59 Å². The third-order valence-corrected chi connectivity index (χ3v) is 3.17. The van der Waals surface area contributed by atoms with E-state index in [2.05, 4.69) is 0 Å². The van der Waals surface area contributed by atoms with Crippen LogP contribution in [0.25, 0.3) is 0 Å². The molecule has 0 fully saturated rings. The van der Waals surface area contributed by atoms with Gasteiger partial charge in [0.1, 0.15) is 0 Å². The van der Waals surface area contributed by atoms with Crippen LogP contribution in [0.15, 0.2) is 24.3 Å². The number of anilines is 1. The van der Waals surface area contributed by atoms with Gasteiger partial charge in [0.05, 0.1) is 6.42 Å². The van der Waals surface area contributed by atoms with Crippen molar-refractivity contribution in [2.24, 2.45) is 0 Å². The van der Waals surface area contributed by atoms with Crippen LogP contribution in [-0.2, 0) is 16.0 Å². The number of hydrogen-bond donors (Lipinski definition) is 2. The van der Waals surface area contributed by atoms with E-state index in [1.807, 2.05) is 38.1 Å². The number of rotatable bonds is 7. The van der Waals surface area contributed by atoms with Crippen molar-refractivity contribution in [1.82, 2.24) is 4.90 Å². The van der Waals surface area contributed by atoms with Gasteiger partial charge in [-0.2, -0.15) is 0 Å². The Kier molecular flexibility index (Phi) is 6.03.